The van der Waals surface area contributed by atoms with Crippen LogP contribution in [0, 0.1) is 11.3 Å². The fraction of sp³-hybridized carbons (Fsp3) is 0.250. The van der Waals surface area contributed by atoms with E-state index >= 15 is 0 Å². The first-order valence-electron chi connectivity index (χ1n) is 7.20. The second kappa shape index (κ2) is 5.03. The molecule has 4 rings (SSSR count). The summed E-state index contributed by atoms with van der Waals surface area (Å²) in [5.74, 6) is 1.51. The van der Waals surface area contributed by atoms with Crippen molar-refractivity contribution >= 4 is 33.5 Å². The van der Waals surface area contributed by atoms with Gasteiger partial charge in [0.2, 0.25) is 0 Å². The van der Waals surface area contributed by atoms with Gasteiger partial charge in [0.05, 0.1) is 11.0 Å². The lowest BCUT2D eigenvalue weighted by atomic mass is 10.0. The van der Waals surface area contributed by atoms with Crippen molar-refractivity contribution in [1.29, 1.82) is 5.26 Å². The van der Waals surface area contributed by atoms with Crippen molar-refractivity contribution in [2.45, 2.75) is 6.54 Å². The quantitative estimate of drug-likeness (QED) is 0.758. The zero-order valence-electron chi connectivity index (χ0n) is 12.4. The molecule has 0 aliphatic carbocycles. The van der Waals surface area contributed by atoms with E-state index in [1.165, 1.54) is 0 Å². The van der Waals surface area contributed by atoms with Gasteiger partial charge in [-0.1, -0.05) is 6.07 Å². The molecule has 0 N–H and O–H groups in total. The number of amidine groups is 2. The minimum Gasteiger partial charge on any atom is -0.337 e. The lowest BCUT2D eigenvalue weighted by Crippen LogP contribution is -2.38. The van der Waals surface area contributed by atoms with E-state index in [0.29, 0.717) is 29.1 Å². The number of carbonyl (C=O) groups excluding carboxylic acids is 1. The van der Waals surface area contributed by atoms with Gasteiger partial charge >= 0.3 is 0 Å². The molecular formula is C16H12BrN5O. The van der Waals surface area contributed by atoms with Gasteiger partial charge < -0.3 is 9.80 Å². The van der Waals surface area contributed by atoms with Crippen LogP contribution in [0.25, 0.3) is 0 Å². The number of halogens is 1. The maximum atomic E-state index is 12.0. The van der Waals surface area contributed by atoms with Crippen LogP contribution < -0.4 is 0 Å². The van der Waals surface area contributed by atoms with E-state index in [0.717, 1.165) is 29.1 Å². The molecule has 1 aromatic rings. The summed E-state index contributed by atoms with van der Waals surface area (Å²) in [4.78, 5) is 24.7. The zero-order valence-corrected chi connectivity index (χ0v) is 14.0. The predicted molar refractivity (Wildman–Crippen MR) is 89.4 cm³/mol. The Balaban J connectivity index is 1.83. The highest BCUT2D eigenvalue weighted by molar-refractivity contribution is 9.12. The third kappa shape index (κ3) is 2.02. The molecule has 0 atom stereocenters. The number of carbonyl (C=O) groups is 1. The van der Waals surface area contributed by atoms with Gasteiger partial charge in [0.15, 0.2) is 5.70 Å². The molecule has 0 saturated carbocycles. The van der Waals surface area contributed by atoms with E-state index in [1.807, 2.05) is 23.1 Å². The first kappa shape index (κ1) is 14.2. The van der Waals surface area contributed by atoms with Gasteiger partial charge in [-0.15, -0.1) is 0 Å². The van der Waals surface area contributed by atoms with Gasteiger partial charge in [-0.25, -0.2) is 4.99 Å². The summed E-state index contributed by atoms with van der Waals surface area (Å²) < 4.78 is 0.636. The van der Waals surface area contributed by atoms with Crippen LogP contribution in [0.5, 0.6) is 0 Å². The Labute approximate surface area is 141 Å². The van der Waals surface area contributed by atoms with Crippen molar-refractivity contribution < 1.29 is 4.79 Å². The number of rotatable bonds is 1. The Bertz CT molecular complexity index is 877. The first-order valence-corrected chi connectivity index (χ1v) is 7.99. The third-order valence-corrected chi connectivity index (χ3v) is 4.90. The van der Waals surface area contributed by atoms with E-state index in [2.05, 4.69) is 32.0 Å². The summed E-state index contributed by atoms with van der Waals surface area (Å²) in [6.45, 7) is 2.01. The topological polar surface area (TPSA) is 72.1 Å². The molecule has 0 saturated heterocycles. The Morgan fingerprint density at radius 2 is 2.17 bits per heavy atom. The minimum atomic E-state index is 0.0425. The van der Waals surface area contributed by atoms with Crippen LogP contribution in [0.2, 0.25) is 0 Å². The third-order valence-electron chi connectivity index (χ3n) is 4.17. The molecule has 0 bridgehead atoms. The standard InChI is InChI=1S/C16H12BrN5O/c1-21-8-10-6-9(2-3-11(10)16(21)23)14-20-12(7-18)13(17)15-19-4-5-22(14)15/h2-3,6H,4-5,8H2,1H3. The van der Waals surface area contributed by atoms with Gasteiger partial charge in [0.25, 0.3) is 5.91 Å². The van der Waals surface area contributed by atoms with E-state index in [-0.39, 0.29) is 5.91 Å². The number of aliphatic imine (C=N–C) groups is 2. The van der Waals surface area contributed by atoms with E-state index < -0.39 is 0 Å². The van der Waals surface area contributed by atoms with Gasteiger partial charge in [0.1, 0.15) is 17.7 Å². The van der Waals surface area contributed by atoms with Crippen LogP contribution in [0.3, 0.4) is 0 Å². The maximum Gasteiger partial charge on any atom is 0.254 e. The number of fused-ring (bicyclic) bond motifs is 2. The number of nitriles is 1. The largest absolute Gasteiger partial charge is 0.337 e. The summed E-state index contributed by atoms with van der Waals surface area (Å²) >= 11 is 3.41. The Morgan fingerprint density at radius 1 is 1.35 bits per heavy atom. The van der Waals surface area contributed by atoms with E-state index in [4.69, 9.17) is 0 Å². The average molecular weight is 370 g/mol. The van der Waals surface area contributed by atoms with Crippen molar-refractivity contribution in [1.82, 2.24) is 9.80 Å². The smallest absolute Gasteiger partial charge is 0.254 e. The SMILES string of the molecule is CN1Cc2cc(C3=NC(C#N)=C(Br)C4=NCCN43)ccc2C1=O. The van der Waals surface area contributed by atoms with Crippen molar-refractivity contribution in [2.75, 3.05) is 20.1 Å². The van der Waals surface area contributed by atoms with Crippen LogP contribution in [-0.2, 0) is 6.54 Å². The molecule has 7 heteroatoms. The highest BCUT2D eigenvalue weighted by Crippen LogP contribution is 2.29. The fourth-order valence-electron chi connectivity index (χ4n) is 3.06. The Morgan fingerprint density at radius 3 is 2.96 bits per heavy atom. The maximum absolute atomic E-state index is 12.0. The fourth-order valence-corrected chi connectivity index (χ4v) is 3.58. The molecule has 3 heterocycles. The highest BCUT2D eigenvalue weighted by Gasteiger charge is 2.32. The van der Waals surface area contributed by atoms with Crippen molar-refractivity contribution in [3.8, 4) is 6.07 Å². The minimum absolute atomic E-state index is 0.0425. The average Bonchev–Trinajstić information content (AvgIpc) is 3.14. The summed E-state index contributed by atoms with van der Waals surface area (Å²) in [6.07, 6.45) is 0. The molecule has 1 aromatic carbocycles. The number of nitrogens with zero attached hydrogens (tertiary/aromatic N) is 5. The summed E-state index contributed by atoms with van der Waals surface area (Å²) in [6, 6.07) is 7.82. The van der Waals surface area contributed by atoms with Gasteiger partial charge in [-0.3, -0.25) is 9.79 Å². The number of amides is 1. The normalized spacial score (nSPS) is 19.4. The molecule has 0 aromatic heterocycles. The molecule has 0 fully saturated rings. The number of allylic oxidation sites excluding steroid dienone is 1. The van der Waals surface area contributed by atoms with E-state index in [9.17, 15) is 10.1 Å². The second-order valence-corrected chi connectivity index (χ2v) is 6.39. The number of hydrogen-bond acceptors (Lipinski definition) is 5. The van der Waals surface area contributed by atoms with Gasteiger partial charge in [-0.05, 0) is 33.6 Å². The molecule has 1 amide bonds. The van der Waals surface area contributed by atoms with Crippen molar-refractivity contribution in [3.63, 3.8) is 0 Å². The summed E-state index contributed by atoms with van der Waals surface area (Å²) in [5, 5.41) is 9.30. The van der Waals surface area contributed by atoms with Gasteiger partial charge in [0, 0.05) is 31.3 Å². The van der Waals surface area contributed by atoms with Crippen molar-refractivity contribution in [2.24, 2.45) is 9.98 Å². The Kier molecular flexibility index (Phi) is 3.10. The van der Waals surface area contributed by atoms with Crippen LogP contribution in [0.4, 0.5) is 0 Å². The molecule has 0 spiro atoms. The van der Waals surface area contributed by atoms with E-state index in [1.54, 1.807) is 11.9 Å². The lowest BCUT2D eigenvalue weighted by Gasteiger charge is -2.26. The molecule has 3 aliphatic rings. The molecular weight excluding hydrogens is 358 g/mol. The van der Waals surface area contributed by atoms with Crippen LogP contribution in [0.1, 0.15) is 21.5 Å². The number of benzene rings is 1. The van der Waals surface area contributed by atoms with Crippen LogP contribution in [0.15, 0.2) is 38.4 Å². The molecule has 0 radical (unpaired) electrons. The lowest BCUT2D eigenvalue weighted by molar-refractivity contribution is 0.0816. The van der Waals surface area contributed by atoms with Gasteiger partial charge in [-0.2, -0.15) is 5.26 Å². The zero-order chi connectivity index (χ0) is 16.1. The first-order chi connectivity index (χ1) is 11.1. The summed E-state index contributed by atoms with van der Waals surface area (Å²) in [7, 11) is 1.79. The molecule has 6 nitrogen and oxygen atoms in total. The molecule has 114 valence electrons. The van der Waals surface area contributed by atoms with Crippen molar-refractivity contribution in [3.05, 3.63) is 45.1 Å². The number of hydrogen-bond donors (Lipinski definition) is 0. The van der Waals surface area contributed by atoms with Crippen LogP contribution >= 0.6 is 15.9 Å². The molecule has 3 aliphatic heterocycles. The Hall–Kier alpha value is -2.46. The molecule has 23 heavy (non-hydrogen) atoms. The highest BCUT2D eigenvalue weighted by atomic mass is 79.9. The molecule has 0 unspecified atom stereocenters. The summed E-state index contributed by atoms with van der Waals surface area (Å²) in [5.41, 5.74) is 2.95. The monoisotopic (exact) mass is 369 g/mol. The van der Waals surface area contributed by atoms with Crippen LogP contribution in [-0.4, -0.2) is 47.5 Å². The predicted octanol–water partition coefficient (Wildman–Crippen LogP) is 1.88. The second-order valence-electron chi connectivity index (χ2n) is 5.60.